The molecule has 0 radical (unpaired) electrons. The highest BCUT2D eigenvalue weighted by molar-refractivity contribution is 8.00. The first-order valence-corrected chi connectivity index (χ1v) is 10.1. The number of ketones is 1. The van der Waals surface area contributed by atoms with Gasteiger partial charge in [0, 0.05) is 17.0 Å². The van der Waals surface area contributed by atoms with Crippen LogP contribution in [0.5, 0.6) is 0 Å². The minimum Gasteiger partial charge on any atom is -0.293 e. The Morgan fingerprint density at radius 3 is 2.63 bits per heavy atom. The molecule has 0 aliphatic carbocycles. The Bertz CT molecular complexity index is 1110. The number of nitrogens with zero attached hydrogens (tertiary/aromatic N) is 2. The average molecular weight is 408 g/mol. The number of hydrogen-bond donors (Lipinski definition) is 0. The highest BCUT2D eigenvalue weighted by Gasteiger charge is 2.22. The molecular weight excluding hydrogens is 390 g/mol. The molecule has 0 unspecified atom stereocenters. The number of carbonyl (C=O) groups excluding carboxylic acids is 1. The number of halogens is 2. The predicted molar refractivity (Wildman–Crippen MR) is 105 cm³/mol. The van der Waals surface area contributed by atoms with Gasteiger partial charge in [-0.25, -0.2) is 13.8 Å². The molecule has 0 spiro atoms. The van der Waals surface area contributed by atoms with Gasteiger partial charge in [-0.2, -0.15) is 0 Å². The van der Waals surface area contributed by atoms with Crippen molar-refractivity contribution in [2.75, 3.05) is 0 Å². The largest absolute Gasteiger partial charge is 0.293 e. The summed E-state index contributed by atoms with van der Waals surface area (Å²) in [6.45, 7) is 7.77. The predicted octanol–water partition coefficient (Wildman–Crippen LogP) is 4.74. The molecule has 0 bridgehead atoms. The Morgan fingerprint density at radius 2 is 2.00 bits per heavy atom. The van der Waals surface area contributed by atoms with E-state index < -0.39 is 16.9 Å². The van der Waals surface area contributed by atoms with Crippen LogP contribution in [-0.4, -0.2) is 20.6 Å². The lowest BCUT2D eigenvalue weighted by Crippen LogP contribution is -2.24. The van der Waals surface area contributed by atoms with E-state index in [4.69, 9.17) is 0 Å². The summed E-state index contributed by atoms with van der Waals surface area (Å²) in [6.07, 6.45) is 0. The highest BCUT2D eigenvalue weighted by Crippen LogP contribution is 2.30. The van der Waals surface area contributed by atoms with Crippen LogP contribution in [-0.2, 0) is 6.54 Å². The van der Waals surface area contributed by atoms with Crippen molar-refractivity contribution >= 4 is 39.1 Å². The van der Waals surface area contributed by atoms with Gasteiger partial charge in [-0.15, -0.1) is 11.3 Å². The van der Waals surface area contributed by atoms with E-state index in [0.29, 0.717) is 21.9 Å². The molecule has 27 heavy (non-hydrogen) atoms. The summed E-state index contributed by atoms with van der Waals surface area (Å²) in [5.74, 6) is -2.41. The van der Waals surface area contributed by atoms with E-state index in [1.165, 1.54) is 17.4 Å². The number of aromatic nitrogens is 2. The smallest absolute Gasteiger partial charge is 0.263 e. The van der Waals surface area contributed by atoms with Gasteiger partial charge in [-0.05, 0) is 51.5 Å². The first-order valence-electron chi connectivity index (χ1n) is 8.41. The third-order valence-corrected chi connectivity index (χ3v) is 6.62. The van der Waals surface area contributed by atoms with Gasteiger partial charge in [-0.1, -0.05) is 11.8 Å². The second kappa shape index (κ2) is 7.52. The van der Waals surface area contributed by atoms with E-state index in [0.717, 1.165) is 34.3 Å². The Labute approximate surface area is 163 Å². The van der Waals surface area contributed by atoms with Crippen LogP contribution in [0.3, 0.4) is 0 Å². The third kappa shape index (κ3) is 3.55. The molecule has 0 N–H and O–H groups in total. The number of rotatable bonds is 5. The molecule has 8 heteroatoms. The zero-order valence-corrected chi connectivity index (χ0v) is 16.9. The van der Waals surface area contributed by atoms with E-state index in [-0.39, 0.29) is 16.9 Å². The number of thioether (sulfide) groups is 1. The van der Waals surface area contributed by atoms with Gasteiger partial charge in [0.2, 0.25) is 0 Å². The maximum absolute atomic E-state index is 13.4. The topological polar surface area (TPSA) is 52.0 Å². The van der Waals surface area contributed by atoms with Crippen LogP contribution < -0.4 is 5.56 Å². The first-order chi connectivity index (χ1) is 12.7. The van der Waals surface area contributed by atoms with Gasteiger partial charge in [0.1, 0.15) is 4.83 Å². The lowest BCUT2D eigenvalue weighted by Gasteiger charge is -2.14. The number of thiophene rings is 1. The fourth-order valence-electron chi connectivity index (χ4n) is 2.77. The zero-order chi connectivity index (χ0) is 19.9. The molecule has 1 atom stereocenters. The quantitative estimate of drug-likeness (QED) is 0.348. The molecule has 0 aliphatic heterocycles. The fraction of sp³-hybridized carbons (Fsp3) is 0.316. The van der Waals surface area contributed by atoms with Crippen LogP contribution in [0.15, 0.2) is 28.2 Å². The van der Waals surface area contributed by atoms with E-state index in [1.807, 2.05) is 20.8 Å². The second-order valence-corrected chi connectivity index (χ2v) is 8.67. The highest BCUT2D eigenvalue weighted by atomic mass is 32.2. The maximum Gasteiger partial charge on any atom is 0.263 e. The van der Waals surface area contributed by atoms with Gasteiger partial charge in [-0.3, -0.25) is 14.2 Å². The van der Waals surface area contributed by atoms with E-state index >= 15 is 0 Å². The van der Waals surface area contributed by atoms with Crippen LogP contribution >= 0.6 is 23.1 Å². The summed E-state index contributed by atoms with van der Waals surface area (Å²) in [5.41, 5.74) is 0.889. The first kappa shape index (κ1) is 19.7. The Balaban J connectivity index is 1.99. The Hall–Kier alpha value is -2.06. The fourth-order valence-corrected chi connectivity index (χ4v) is 4.89. The minimum atomic E-state index is -1.06. The molecular formula is C19H18F2N2O2S2. The number of Topliss-reactive ketones (excluding diaryl/α,β-unsaturated/α-hetero) is 1. The van der Waals surface area contributed by atoms with Crippen molar-refractivity contribution in [3.05, 3.63) is 56.2 Å². The summed E-state index contributed by atoms with van der Waals surface area (Å²) in [7, 11) is 0. The van der Waals surface area contributed by atoms with Crippen molar-refractivity contribution in [1.82, 2.24) is 9.55 Å². The standard InChI is InChI=1S/C19H18F2N2O2S2/c1-5-23-18(25)15-9(2)10(3)26-17(15)22-19(23)27-11(4)16(24)12-6-7-13(20)14(21)8-12/h6-8,11H,5H2,1-4H3/t11-/m1/s1. The minimum absolute atomic E-state index is 0.0863. The SMILES string of the molecule is CCn1c(S[C@H](C)C(=O)c2ccc(F)c(F)c2)nc2sc(C)c(C)c2c1=O. The summed E-state index contributed by atoms with van der Waals surface area (Å²) in [4.78, 5) is 31.7. The van der Waals surface area contributed by atoms with Crippen molar-refractivity contribution in [3.63, 3.8) is 0 Å². The van der Waals surface area contributed by atoms with E-state index in [2.05, 4.69) is 4.98 Å². The van der Waals surface area contributed by atoms with Gasteiger partial charge < -0.3 is 0 Å². The van der Waals surface area contributed by atoms with Crippen LogP contribution in [0.2, 0.25) is 0 Å². The monoisotopic (exact) mass is 408 g/mol. The Morgan fingerprint density at radius 1 is 1.30 bits per heavy atom. The van der Waals surface area contributed by atoms with Crippen LogP contribution in [0.1, 0.15) is 34.6 Å². The van der Waals surface area contributed by atoms with Crippen molar-refractivity contribution < 1.29 is 13.6 Å². The molecule has 3 rings (SSSR count). The molecule has 1 aromatic carbocycles. The molecule has 2 aromatic heterocycles. The maximum atomic E-state index is 13.4. The molecule has 3 aromatic rings. The van der Waals surface area contributed by atoms with Crippen molar-refractivity contribution in [1.29, 1.82) is 0 Å². The summed E-state index contributed by atoms with van der Waals surface area (Å²) >= 11 is 2.59. The lowest BCUT2D eigenvalue weighted by molar-refractivity contribution is 0.0993. The van der Waals surface area contributed by atoms with Gasteiger partial charge in [0.25, 0.3) is 5.56 Å². The molecule has 0 fully saturated rings. The molecule has 142 valence electrons. The second-order valence-electron chi connectivity index (χ2n) is 6.16. The molecule has 4 nitrogen and oxygen atoms in total. The average Bonchev–Trinajstić information content (AvgIpc) is 2.91. The number of aryl methyl sites for hydroxylation is 2. The molecule has 2 heterocycles. The normalized spacial score (nSPS) is 12.5. The molecule has 0 saturated heterocycles. The summed E-state index contributed by atoms with van der Waals surface area (Å²) in [6, 6.07) is 3.08. The van der Waals surface area contributed by atoms with Crippen molar-refractivity contribution in [2.45, 2.75) is 44.6 Å². The van der Waals surface area contributed by atoms with Crippen LogP contribution in [0.25, 0.3) is 10.2 Å². The van der Waals surface area contributed by atoms with E-state index in [9.17, 15) is 18.4 Å². The summed E-state index contributed by atoms with van der Waals surface area (Å²) in [5, 5.41) is 0.446. The lowest BCUT2D eigenvalue weighted by atomic mass is 10.1. The molecule has 0 aliphatic rings. The van der Waals surface area contributed by atoms with Gasteiger partial charge >= 0.3 is 0 Å². The molecule has 0 saturated carbocycles. The van der Waals surface area contributed by atoms with Crippen LogP contribution in [0, 0.1) is 25.5 Å². The number of fused-ring (bicyclic) bond motifs is 1. The van der Waals surface area contributed by atoms with Crippen LogP contribution in [0.4, 0.5) is 8.78 Å². The number of hydrogen-bond acceptors (Lipinski definition) is 5. The van der Waals surface area contributed by atoms with E-state index in [1.54, 1.807) is 11.5 Å². The Kier molecular flexibility index (Phi) is 5.48. The van der Waals surface area contributed by atoms with Crippen molar-refractivity contribution in [3.8, 4) is 0 Å². The number of benzene rings is 1. The number of carbonyl (C=O) groups is 1. The van der Waals surface area contributed by atoms with Crippen molar-refractivity contribution in [2.24, 2.45) is 0 Å². The van der Waals surface area contributed by atoms with Gasteiger partial charge in [0.15, 0.2) is 22.6 Å². The summed E-state index contributed by atoms with van der Waals surface area (Å²) < 4.78 is 28.1. The zero-order valence-electron chi connectivity index (χ0n) is 15.3. The third-order valence-electron chi connectivity index (χ3n) is 4.43. The van der Waals surface area contributed by atoms with Gasteiger partial charge in [0.05, 0.1) is 10.6 Å². The molecule has 0 amide bonds.